The van der Waals surface area contributed by atoms with Gasteiger partial charge in [-0.3, -0.25) is 4.57 Å². The first-order valence-electron chi connectivity index (χ1n) is 13.1. The summed E-state index contributed by atoms with van der Waals surface area (Å²) in [7, 11) is 0. The van der Waals surface area contributed by atoms with Crippen LogP contribution in [0.4, 0.5) is 11.5 Å². The number of anilines is 2. The Balaban J connectivity index is 1.44. The van der Waals surface area contributed by atoms with Crippen LogP contribution in [0.25, 0.3) is 22.8 Å². The highest BCUT2D eigenvalue weighted by Gasteiger charge is 2.39. The summed E-state index contributed by atoms with van der Waals surface area (Å²) in [6, 6.07) is 25.3. The molecule has 3 atom stereocenters. The van der Waals surface area contributed by atoms with E-state index in [1.165, 1.54) is 16.6 Å². The third-order valence-corrected chi connectivity index (χ3v) is 8.18. The van der Waals surface area contributed by atoms with Gasteiger partial charge in [-0.15, -0.1) is 0 Å². The fourth-order valence-electron chi connectivity index (χ4n) is 6.41. The fraction of sp³-hybridized carbons (Fsp3) is 0.182. The number of nitrogens with zero attached hydrogens (tertiary/aromatic N) is 5. The van der Waals surface area contributed by atoms with Gasteiger partial charge < -0.3 is 4.90 Å². The standard InChI is InChI=1S/C33H25N5/c1-21-26-17-22(19-34)13-15-28(21)37(31-16-14-23(20-35)18-27(26)31)32-11-6-12-33(36-32)38-29-9-4-2-7-24(29)25-8-3-5-10-30(25)38/h2-4,6-9,11-18,21,26,28H,5,10H2,1H3. The SMILES string of the molecule is CC1C2C=C(C#N)C=CC1N(c1cccc(-n3c4c(c5ccccc53)C=CCC4)n1)c1ccc(C#N)cc12. The molecule has 3 unspecified atom stereocenters. The van der Waals surface area contributed by atoms with Gasteiger partial charge in [0, 0.05) is 33.8 Å². The summed E-state index contributed by atoms with van der Waals surface area (Å²) in [5.41, 5.74) is 7.11. The minimum Gasteiger partial charge on any atom is -0.319 e. The maximum atomic E-state index is 9.72. The van der Waals surface area contributed by atoms with Crippen LogP contribution in [-0.2, 0) is 6.42 Å². The van der Waals surface area contributed by atoms with Gasteiger partial charge in [0.1, 0.15) is 11.6 Å². The Morgan fingerprint density at radius 3 is 2.68 bits per heavy atom. The van der Waals surface area contributed by atoms with Gasteiger partial charge in [-0.1, -0.05) is 55.5 Å². The molecule has 0 saturated heterocycles. The van der Waals surface area contributed by atoms with E-state index in [9.17, 15) is 10.5 Å². The third-order valence-electron chi connectivity index (χ3n) is 8.18. The first-order chi connectivity index (χ1) is 18.7. The molecular formula is C33H25N5. The highest BCUT2D eigenvalue weighted by molar-refractivity contribution is 5.93. The molecule has 38 heavy (non-hydrogen) atoms. The lowest BCUT2D eigenvalue weighted by Gasteiger charge is -2.43. The van der Waals surface area contributed by atoms with Crippen LogP contribution in [0.1, 0.15) is 41.6 Å². The minimum atomic E-state index is 0.0172. The molecule has 2 bridgehead atoms. The molecule has 7 rings (SSSR count). The molecule has 182 valence electrons. The maximum absolute atomic E-state index is 9.72. The van der Waals surface area contributed by atoms with Crippen LogP contribution in [0.15, 0.2) is 90.5 Å². The van der Waals surface area contributed by atoms with E-state index in [-0.39, 0.29) is 17.9 Å². The van der Waals surface area contributed by atoms with E-state index in [1.54, 1.807) is 0 Å². The second kappa shape index (κ2) is 8.61. The summed E-state index contributed by atoms with van der Waals surface area (Å²) in [5.74, 6) is 1.98. The van der Waals surface area contributed by atoms with Crippen LogP contribution in [-0.4, -0.2) is 15.6 Å². The Morgan fingerprint density at radius 1 is 0.947 bits per heavy atom. The van der Waals surface area contributed by atoms with Crippen molar-refractivity contribution in [2.24, 2.45) is 5.92 Å². The molecule has 2 aromatic heterocycles. The Labute approximate surface area is 221 Å². The van der Waals surface area contributed by atoms with Crippen LogP contribution in [0.2, 0.25) is 0 Å². The lowest BCUT2D eigenvalue weighted by molar-refractivity contribution is 0.446. The first-order valence-corrected chi connectivity index (χ1v) is 13.1. The van der Waals surface area contributed by atoms with Crippen molar-refractivity contribution >= 4 is 28.5 Å². The molecule has 2 aromatic carbocycles. The molecule has 3 aliphatic rings. The molecule has 5 nitrogen and oxygen atoms in total. The van der Waals surface area contributed by atoms with Gasteiger partial charge >= 0.3 is 0 Å². The van der Waals surface area contributed by atoms with Gasteiger partial charge in [0.2, 0.25) is 0 Å². The van der Waals surface area contributed by atoms with Crippen LogP contribution in [0.5, 0.6) is 0 Å². The van der Waals surface area contributed by atoms with Gasteiger partial charge in [-0.05, 0) is 66.8 Å². The smallest absolute Gasteiger partial charge is 0.139 e. The van der Waals surface area contributed by atoms with Crippen molar-refractivity contribution < 1.29 is 0 Å². The van der Waals surface area contributed by atoms with E-state index in [1.807, 2.05) is 30.4 Å². The lowest BCUT2D eigenvalue weighted by atomic mass is 9.77. The average Bonchev–Trinajstić information content (AvgIpc) is 3.24. The topological polar surface area (TPSA) is 68.6 Å². The number of benzene rings is 2. The van der Waals surface area contributed by atoms with E-state index in [4.69, 9.17) is 4.98 Å². The molecule has 1 aliphatic heterocycles. The largest absolute Gasteiger partial charge is 0.319 e. The maximum Gasteiger partial charge on any atom is 0.139 e. The van der Waals surface area contributed by atoms with Crippen molar-refractivity contribution in [1.29, 1.82) is 10.5 Å². The number of pyridine rings is 1. The molecule has 0 radical (unpaired) electrons. The number of nitriles is 2. The molecule has 2 aliphatic carbocycles. The van der Waals surface area contributed by atoms with Crippen molar-refractivity contribution in [3.05, 3.63) is 113 Å². The Morgan fingerprint density at radius 2 is 1.82 bits per heavy atom. The van der Waals surface area contributed by atoms with E-state index in [2.05, 4.69) is 89.2 Å². The van der Waals surface area contributed by atoms with Gasteiger partial charge in [0.05, 0.1) is 29.3 Å². The zero-order chi connectivity index (χ0) is 25.8. The van der Waals surface area contributed by atoms with Crippen molar-refractivity contribution in [1.82, 2.24) is 9.55 Å². The molecule has 0 amide bonds. The number of fused-ring (bicyclic) bond motifs is 7. The number of para-hydroxylation sites is 1. The molecular weight excluding hydrogens is 466 g/mol. The summed E-state index contributed by atoms with van der Waals surface area (Å²) >= 11 is 0. The summed E-state index contributed by atoms with van der Waals surface area (Å²) in [6.07, 6.45) is 12.6. The lowest BCUT2D eigenvalue weighted by Crippen LogP contribution is -2.42. The monoisotopic (exact) mass is 491 g/mol. The van der Waals surface area contributed by atoms with Crippen LogP contribution in [0, 0.1) is 28.6 Å². The normalized spacial score (nSPS) is 21.2. The van der Waals surface area contributed by atoms with E-state index in [0.29, 0.717) is 11.1 Å². The Kier molecular flexibility index (Phi) is 5.06. The predicted molar refractivity (Wildman–Crippen MR) is 150 cm³/mol. The highest BCUT2D eigenvalue weighted by atomic mass is 15.2. The van der Waals surface area contributed by atoms with Crippen molar-refractivity contribution in [2.45, 2.75) is 31.7 Å². The van der Waals surface area contributed by atoms with Gasteiger partial charge in [0.15, 0.2) is 0 Å². The molecule has 0 spiro atoms. The molecule has 0 N–H and O–H groups in total. The van der Waals surface area contributed by atoms with Crippen LogP contribution >= 0.6 is 0 Å². The first kappa shape index (κ1) is 22.3. The second-order valence-electron chi connectivity index (χ2n) is 10.2. The summed E-state index contributed by atoms with van der Waals surface area (Å²) in [4.78, 5) is 7.56. The molecule has 4 aromatic rings. The van der Waals surface area contributed by atoms with Crippen molar-refractivity contribution in [3.63, 3.8) is 0 Å². The highest BCUT2D eigenvalue weighted by Crippen LogP contribution is 2.48. The zero-order valence-corrected chi connectivity index (χ0v) is 21.0. The number of aromatic nitrogens is 2. The van der Waals surface area contributed by atoms with Crippen molar-refractivity contribution in [2.75, 3.05) is 4.90 Å². The molecule has 0 fully saturated rings. The number of hydrogen-bond donors (Lipinski definition) is 0. The summed E-state index contributed by atoms with van der Waals surface area (Å²) in [5, 5.41) is 20.6. The fourth-order valence-corrected chi connectivity index (χ4v) is 6.41. The second-order valence-corrected chi connectivity index (χ2v) is 10.2. The van der Waals surface area contributed by atoms with E-state index in [0.717, 1.165) is 41.2 Å². The minimum absolute atomic E-state index is 0.0172. The van der Waals surface area contributed by atoms with Crippen LogP contribution < -0.4 is 4.90 Å². The summed E-state index contributed by atoms with van der Waals surface area (Å²) < 4.78 is 2.31. The van der Waals surface area contributed by atoms with Crippen LogP contribution in [0.3, 0.4) is 0 Å². The Hall–Kier alpha value is -4.87. The summed E-state index contributed by atoms with van der Waals surface area (Å²) in [6.45, 7) is 2.22. The van der Waals surface area contributed by atoms with Gasteiger partial charge in [-0.2, -0.15) is 10.5 Å². The van der Waals surface area contributed by atoms with Crippen molar-refractivity contribution in [3.8, 4) is 18.0 Å². The third kappa shape index (κ3) is 3.26. The van der Waals surface area contributed by atoms with Gasteiger partial charge in [0.25, 0.3) is 0 Å². The molecule has 3 heterocycles. The number of allylic oxidation sites excluding steroid dienone is 4. The van der Waals surface area contributed by atoms with E-state index < -0.39 is 0 Å². The molecule has 0 saturated carbocycles. The average molecular weight is 492 g/mol. The number of rotatable bonds is 2. The van der Waals surface area contributed by atoms with Gasteiger partial charge in [-0.25, -0.2) is 4.98 Å². The molecule has 5 heteroatoms. The Bertz CT molecular complexity index is 1790. The number of hydrogen-bond acceptors (Lipinski definition) is 4. The predicted octanol–water partition coefficient (Wildman–Crippen LogP) is 7.12. The van der Waals surface area contributed by atoms with E-state index >= 15 is 0 Å². The quantitative estimate of drug-likeness (QED) is 0.299. The zero-order valence-electron chi connectivity index (χ0n) is 21.0.